The van der Waals surface area contributed by atoms with E-state index in [0.29, 0.717) is 23.7 Å². The Bertz CT molecular complexity index is 972. The van der Waals surface area contributed by atoms with Gasteiger partial charge in [-0.05, 0) is 36.4 Å². The van der Waals surface area contributed by atoms with Crippen LogP contribution in [0.4, 0.5) is 4.39 Å². The van der Waals surface area contributed by atoms with Gasteiger partial charge in [-0.1, -0.05) is 23.7 Å². The van der Waals surface area contributed by atoms with Crippen molar-refractivity contribution in [3.63, 3.8) is 0 Å². The minimum Gasteiger partial charge on any atom is -0.336 e. The van der Waals surface area contributed by atoms with E-state index in [9.17, 15) is 9.18 Å². The van der Waals surface area contributed by atoms with E-state index in [1.807, 2.05) is 22.4 Å². The fraction of sp³-hybridized carbons (Fsp3) is 0.238. The van der Waals surface area contributed by atoms with Crippen molar-refractivity contribution in [3.05, 3.63) is 75.3 Å². The summed E-state index contributed by atoms with van der Waals surface area (Å²) in [6.07, 6.45) is 0. The van der Waals surface area contributed by atoms with Gasteiger partial charge in [0.05, 0.1) is 22.8 Å². The summed E-state index contributed by atoms with van der Waals surface area (Å²) in [4.78, 5) is 21.5. The first-order valence-corrected chi connectivity index (χ1v) is 10.3. The molecule has 0 bridgehead atoms. The highest BCUT2D eigenvalue weighted by Gasteiger charge is 2.24. The Morgan fingerprint density at radius 3 is 2.45 bits per heavy atom. The predicted molar refractivity (Wildman–Crippen MR) is 117 cm³/mol. The van der Waals surface area contributed by atoms with Crippen LogP contribution in [0, 0.1) is 5.82 Å². The Kier molecular flexibility index (Phi) is 7.24. The minimum atomic E-state index is -0.247. The summed E-state index contributed by atoms with van der Waals surface area (Å²) in [7, 11) is 0. The zero-order valence-corrected chi connectivity index (χ0v) is 17.9. The van der Waals surface area contributed by atoms with Crippen LogP contribution in [0.1, 0.15) is 15.4 Å². The third-order valence-corrected chi connectivity index (χ3v) is 5.98. The molecule has 1 aliphatic rings. The first kappa shape index (κ1) is 21.7. The van der Waals surface area contributed by atoms with Gasteiger partial charge in [0.25, 0.3) is 5.91 Å². The van der Waals surface area contributed by atoms with Gasteiger partial charge in [0.1, 0.15) is 10.8 Å². The number of nitrogens with zero attached hydrogens (tertiary/aromatic N) is 3. The van der Waals surface area contributed by atoms with Crippen LogP contribution in [-0.4, -0.2) is 46.9 Å². The van der Waals surface area contributed by atoms with E-state index >= 15 is 0 Å². The molecular weight excluding hydrogens is 432 g/mol. The highest BCUT2D eigenvalue weighted by atomic mass is 35.5. The van der Waals surface area contributed by atoms with Crippen molar-refractivity contribution in [1.82, 2.24) is 14.8 Å². The molecule has 0 saturated carbocycles. The third kappa shape index (κ3) is 5.14. The first-order valence-electron chi connectivity index (χ1n) is 9.06. The lowest BCUT2D eigenvalue weighted by Crippen LogP contribution is -2.48. The molecule has 0 spiro atoms. The molecule has 1 saturated heterocycles. The summed E-state index contributed by atoms with van der Waals surface area (Å²) in [6, 6.07) is 13.5. The van der Waals surface area contributed by atoms with E-state index in [4.69, 9.17) is 11.6 Å². The first-order chi connectivity index (χ1) is 13.6. The molecule has 0 N–H and O–H groups in total. The van der Waals surface area contributed by atoms with Gasteiger partial charge < -0.3 is 4.90 Å². The van der Waals surface area contributed by atoms with E-state index in [-0.39, 0.29) is 24.1 Å². The molecule has 152 valence electrons. The highest BCUT2D eigenvalue weighted by Crippen LogP contribution is 2.24. The Balaban J connectivity index is 0.00000240. The molecule has 1 amide bonds. The summed E-state index contributed by atoms with van der Waals surface area (Å²) in [5.74, 6) is -0.262. The van der Waals surface area contributed by atoms with E-state index in [0.717, 1.165) is 35.9 Å². The maximum absolute atomic E-state index is 13.1. The van der Waals surface area contributed by atoms with Crippen molar-refractivity contribution < 1.29 is 9.18 Å². The number of carbonyl (C=O) groups excluding carboxylic acids is 1. The predicted octanol–water partition coefficient (Wildman–Crippen LogP) is 4.98. The lowest BCUT2D eigenvalue weighted by atomic mass is 10.2. The fourth-order valence-electron chi connectivity index (χ4n) is 3.24. The van der Waals surface area contributed by atoms with Crippen molar-refractivity contribution in [2.45, 2.75) is 6.54 Å². The Morgan fingerprint density at radius 2 is 1.76 bits per heavy atom. The molecule has 4 rings (SSSR count). The molecule has 0 unspecified atom stereocenters. The lowest BCUT2D eigenvalue weighted by molar-refractivity contribution is 0.0628. The van der Waals surface area contributed by atoms with Crippen molar-refractivity contribution >= 4 is 41.3 Å². The second-order valence-corrected chi connectivity index (χ2v) is 8.03. The fourth-order valence-corrected chi connectivity index (χ4v) is 4.30. The summed E-state index contributed by atoms with van der Waals surface area (Å²) in [6.45, 7) is 3.67. The Morgan fingerprint density at radius 1 is 1.07 bits per heavy atom. The molecule has 1 aromatic heterocycles. The molecule has 3 aromatic rings. The second kappa shape index (κ2) is 9.67. The number of benzene rings is 2. The van der Waals surface area contributed by atoms with Gasteiger partial charge in [-0.2, -0.15) is 0 Å². The van der Waals surface area contributed by atoms with Crippen LogP contribution >= 0.6 is 35.3 Å². The zero-order chi connectivity index (χ0) is 19.5. The second-order valence-electron chi connectivity index (χ2n) is 6.68. The number of rotatable bonds is 4. The topological polar surface area (TPSA) is 36.4 Å². The number of aromatic nitrogens is 1. The monoisotopic (exact) mass is 451 g/mol. The quantitative estimate of drug-likeness (QED) is 0.560. The molecule has 1 aliphatic heterocycles. The molecule has 0 radical (unpaired) electrons. The zero-order valence-electron chi connectivity index (χ0n) is 15.6. The highest BCUT2D eigenvalue weighted by molar-refractivity contribution is 7.09. The number of piperazine rings is 1. The summed E-state index contributed by atoms with van der Waals surface area (Å²) in [5.41, 5.74) is 2.34. The lowest BCUT2D eigenvalue weighted by Gasteiger charge is -2.34. The van der Waals surface area contributed by atoms with Crippen LogP contribution in [0.2, 0.25) is 5.02 Å². The van der Waals surface area contributed by atoms with Crippen LogP contribution in [0.25, 0.3) is 11.3 Å². The third-order valence-electron chi connectivity index (χ3n) is 4.81. The molecule has 29 heavy (non-hydrogen) atoms. The van der Waals surface area contributed by atoms with Crippen molar-refractivity contribution in [2.75, 3.05) is 26.2 Å². The normalized spacial score (nSPS) is 14.5. The van der Waals surface area contributed by atoms with Gasteiger partial charge in [-0.15, -0.1) is 23.7 Å². The number of amides is 1. The van der Waals surface area contributed by atoms with E-state index in [2.05, 4.69) is 9.88 Å². The molecule has 4 nitrogen and oxygen atoms in total. The van der Waals surface area contributed by atoms with Crippen molar-refractivity contribution in [3.8, 4) is 11.3 Å². The van der Waals surface area contributed by atoms with Crippen LogP contribution in [0.3, 0.4) is 0 Å². The summed E-state index contributed by atoms with van der Waals surface area (Å²) in [5, 5.41) is 3.51. The Hall–Kier alpha value is -1.99. The molecular formula is C21H20Cl2FN3OS. The molecule has 2 aromatic carbocycles. The maximum atomic E-state index is 13.1. The van der Waals surface area contributed by atoms with Crippen molar-refractivity contribution in [2.24, 2.45) is 0 Å². The SMILES string of the molecule is Cl.O=C(c1ccccc1Cl)N1CCN(Cc2nc(-c3ccc(F)cc3)cs2)CC1. The number of thiazole rings is 1. The van der Waals surface area contributed by atoms with Crippen LogP contribution in [0.15, 0.2) is 53.9 Å². The molecule has 0 aliphatic carbocycles. The summed E-state index contributed by atoms with van der Waals surface area (Å²) < 4.78 is 13.1. The summed E-state index contributed by atoms with van der Waals surface area (Å²) >= 11 is 7.75. The minimum absolute atomic E-state index is 0. The average molecular weight is 452 g/mol. The molecule has 0 atom stereocenters. The Labute approximate surface area is 184 Å². The van der Waals surface area contributed by atoms with E-state index < -0.39 is 0 Å². The standard InChI is InChI=1S/C21H19ClFN3OS.ClH/c22-18-4-2-1-3-17(18)21(27)26-11-9-25(10-12-26)13-20-24-19(14-28-20)15-5-7-16(23)8-6-15;/h1-8,14H,9-13H2;1H. The van der Waals surface area contributed by atoms with Crippen LogP contribution in [0.5, 0.6) is 0 Å². The molecule has 8 heteroatoms. The average Bonchev–Trinajstić information content (AvgIpc) is 3.17. The maximum Gasteiger partial charge on any atom is 0.255 e. The van der Waals surface area contributed by atoms with Crippen molar-refractivity contribution in [1.29, 1.82) is 0 Å². The van der Waals surface area contributed by atoms with Crippen LogP contribution in [-0.2, 0) is 6.54 Å². The van der Waals surface area contributed by atoms with Gasteiger partial charge in [0.2, 0.25) is 0 Å². The van der Waals surface area contributed by atoms with E-state index in [1.165, 1.54) is 12.1 Å². The smallest absolute Gasteiger partial charge is 0.255 e. The number of hydrogen-bond acceptors (Lipinski definition) is 4. The van der Waals surface area contributed by atoms with E-state index in [1.54, 1.807) is 35.6 Å². The van der Waals surface area contributed by atoms with Crippen LogP contribution < -0.4 is 0 Å². The molecule has 1 fully saturated rings. The largest absolute Gasteiger partial charge is 0.336 e. The number of hydrogen-bond donors (Lipinski definition) is 0. The van der Waals surface area contributed by atoms with Gasteiger partial charge in [0, 0.05) is 37.1 Å². The van der Waals surface area contributed by atoms with Gasteiger partial charge >= 0.3 is 0 Å². The number of carbonyl (C=O) groups is 1. The van der Waals surface area contributed by atoms with Gasteiger partial charge in [0.15, 0.2) is 0 Å². The molecule has 2 heterocycles. The van der Waals surface area contributed by atoms with Gasteiger partial charge in [-0.25, -0.2) is 9.37 Å². The van der Waals surface area contributed by atoms with Gasteiger partial charge in [-0.3, -0.25) is 9.69 Å². The number of halogens is 3.